The molecule has 1 heterocycles. The number of halogens is 1. The van der Waals surface area contributed by atoms with Gasteiger partial charge in [0.2, 0.25) is 0 Å². The quantitative estimate of drug-likeness (QED) is 0.766. The lowest BCUT2D eigenvalue weighted by molar-refractivity contribution is 0.620. The lowest BCUT2D eigenvalue weighted by atomic mass is 10.0. The fraction of sp³-hybridized carbons (Fsp3) is 0.235. The normalized spacial score (nSPS) is 11.1. The summed E-state index contributed by atoms with van der Waals surface area (Å²) in [6.07, 6.45) is 0.750. The second-order valence-corrected chi connectivity index (χ2v) is 6.06. The van der Waals surface area contributed by atoms with E-state index in [0.29, 0.717) is 6.54 Å². The molecule has 0 unspecified atom stereocenters. The van der Waals surface area contributed by atoms with Gasteiger partial charge in [0.05, 0.1) is 15.2 Å². The van der Waals surface area contributed by atoms with Gasteiger partial charge < -0.3 is 5.32 Å². The predicted octanol–water partition coefficient (Wildman–Crippen LogP) is 4.14. The lowest BCUT2D eigenvalue weighted by Crippen LogP contribution is -2.13. The first-order valence-electron chi connectivity index (χ1n) is 7.08. The number of nitrogens with one attached hydrogen (secondary N) is 1. The molecule has 2 nitrogen and oxygen atoms in total. The topological polar surface area (TPSA) is 24.9 Å². The maximum Gasteiger partial charge on any atom is 0.123 e. The minimum Gasteiger partial charge on any atom is -0.313 e. The second-order valence-electron chi connectivity index (χ2n) is 4.95. The van der Waals surface area contributed by atoms with Crippen LogP contribution in [0, 0.1) is 5.82 Å². The summed E-state index contributed by atoms with van der Waals surface area (Å²) in [5.74, 6) is -0.184. The van der Waals surface area contributed by atoms with Gasteiger partial charge in [-0.1, -0.05) is 25.1 Å². The van der Waals surface area contributed by atoms with Gasteiger partial charge in [0.15, 0.2) is 0 Å². The molecule has 0 saturated carbocycles. The second kappa shape index (κ2) is 6.33. The number of para-hydroxylation sites is 1. The molecule has 3 aromatic rings. The van der Waals surface area contributed by atoms with Crippen LogP contribution in [-0.4, -0.2) is 11.5 Å². The van der Waals surface area contributed by atoms with Crippen LogP contribution in [0.3, 0.4) is 0 Å². The minimum atomic E-state index is -0.184. The Balaban J connectivity index is 1.89. The third-order valence-corrected chi connectivity index (χ3v) is 4.45. The number of hydrogen-bond acceptors (Lipinski definition) is 3. The first-order valence-corrected chi connectivity index (χ1v) is 7.90. The molecule has 0 amide bonds. The average molecular weight is 300 g/mol. The van der Waals surface area contributed by atoms with Crippen LogP contribution in [0.1, 0.15) is 23.1 Å². The summed E-state index contributed by atoms with van der Waals surface area (Å²) in [7, 11) is 0. The summed E-state index contributed by atoms with van der Waals surface area (Å²) >= 11 is 1.70. The Morgan fingerprint density at radius 1 is 1.14 bits per heavy atom. The molecule has 0 atom stereocenters. The number of nitrogens with zero attached hydrogens (tertiary/aromatic N) is 1. The van der Waals surface area contributed by atoms with Crippen molar-refractivity contribution in [3.8, 4) is 0 Å². The number of rotatable bonds is 5. The zero-order chi connectivity index (χ0) is 14.7. The Bertz CT molecular complexity index is 718. The average Bonchev–Trinajstić information content (AvgIpc) is 2.89. The van der Waals surface area contributed by atoms with Gasteiger partial charge in [0.1, 0.15) is 5.82 Å². The summed E-state index contributed by atoms with van der Waals surface area (Å²) in [6.45, 7) is 3.61. The van der Waals surface area contributed by atoms with Crippen molar-refractivity contribution in [3.63, 3.8) is 0 Å². The molecule has 0 radical (unpaired) electrons. The molecule has 0 bridgehead atoms. The first-order chi connectivity index (χ1) is 10.3. The Labute approximate surface area is 127 Å². The van der Waals surface area contributed by atoms with Crippen LogP contribution in [0.2, 0.25) is 0 Å². The highest BCUT2D eigenvalue weighted by Gasteiger charge is 2.09. The zero-order valence-corrected chi connectivity index (χ0v) is 12.7. The van der Waals surface area contributed by atoms with Crippen molar-refractivity contribution in [2.24, 2.45) is 0 Å². The van der Waals surface area contributed by atoms with Crippen LogP contribution in [0.4, 0.5) is 4.39 Å². The number of fused-ring (bicyclic) bond motifs is 1. The van der Waals surface area contributed by atoms with Gasteiger partial charge in [-0.05, 0) is 41.9 Å². The molecule has 0 fully saturated rings. The summed E-state index contributed by atoms with van der Waals surface area (Å²) in [6, 6.07) is 13.1. The Kier molecular flexibility index (Phi) is 4.27. The summed E-state index contributed by atoms with van der Waals surface area (Å²) < 4.78 is 14.6. The summed E-state index contributed by atoms with van der Waals surface area (Å²) in [5, 5.41) is 4.33. The molecule has 3 rings (SSSR count). The van der Waals surface area contributed by atoms with Crippen molar-refractivity contribution >= 4 is 21.6 Å². The van der Waals surface area contributed by atoms with Crippen LogP contribution < -0.4 is 5.32 Å². The van der Waals surface area contributed by atoms with E-state index in [1.54, 1.807) is 17.4 Å². The Morgan fingerprint density at radius 3 is 2.81 bits per heavy atom. The van der Waals surface area contributed by atoms with Gasteiger partial charge in [-0.3, -0.25) is 0 Å². The molecule has 0 spiro atoms. The third kappa shape index (κ3) is 3.28. The first kappa shape index (κ1) is 14.2. The zero-order valence-electron chi connectivity index (χ0n) is 11.9. The fourth-order valence-electron chi connectivity index (χ4n) is 2.35. The predicted molar refractivity (Wildman–Crippen MR) is 86.2 cm³/mol. The van der Waals surface area contributed by atoms with E-state index in [1.807, 2.05) is 31.2 Å². The van der Waals surface area contributed by atoms with Crippen LogP contribution in [0.25, 0.3) is 10.2 Å². The van der Waals surface area contributed by atoms with Crippen molar-refractivity contribution in [2.75, 3.05) is 6.54 Å². The van der Waals surface area contributed by atoms with Gasteiger partial charge in [-0.15, -0.1) is 11.3 Å². The Hall–Kier alpha value is -1.78. The van der Waals surface area contributed by atoms with Crippen LogP contribution in [0.5, 0.6) is 0 Å². The van der Waals surface area contributed by atoms with E-state index in [9.17, 15) is 4.39 Å². The molecule has 0 saturated heterocycles. The van der Waals surface area contributed by atoms with E-state index in [2.05, 4.69) is 16.4 Å². The highest BCUT2D eigenvalue weighted by molar-refractivity contribution is 7.18. The maximum atomic E-state index is 13.4. The summed E-state index contributed by atoms with van der Waals surface area (Å²) in [4.78, 5) is 4.66. The van der Waals surface area contributed by atoms with E-state index in [4.69, 9.17) is 0 Å². The number of benzene rings is 2. The van der Waals surface area contributed by atoms with Gasteiger partial charge >= 0.3 is 0 Å². The summed E-state index contributed by atoms with van der Waals surface area (Å²) in [5.41, 5.74) is 3.18. The van der Waals surface area contributed by atoms with Gasteiger partial charge in [0, 0.05) is 13.0 Å². The van der Waals surface area contributed by atoms with Crippen LogP contribution in [-0.2, 0) is 13.0 Å². The van der Waals surface area contributed by atoms with Crippen LogP contribution >= 0.6 is 11.3 Å². The van der Waals surface area contributed by atoms with Crippen molar-refractivity contribution in [3.05, 3.63) is 64.4 Å². The van der Waals surface area contributed by atoms with Gasteiger partial charge in [-0.25, -0.2) is 9.37 Å². The van der Waals surface area contributed by atoms with E-state index < -0.39 is 0 Å². The van der Waals surface area contributed by atoms with Crippen LogP contribution in [0.15, 0.2) is 42.5 Å². The monoisotopic (exact) mass is 300 g/mol. The number of thiazole rings is 1. The molecule has 108 valence electrons. The fourth-order valence-corrected chi connectivity index (χ4v) is 3.34. The van der Waals surface area contributed by atoms with E-state index in [0.717, 1.165) is 34.6 Å². The molecule has 1 aromatic heterocycles. The molecule has 0 aliphatic carbocycles. The third-order valence-electron chi connectivity index (χ3n) is 3.41. The van der Waals surface area contributed by atoms with Crippen molar-refractivity contribution < 1.29 is 4.39 Å². The molecule has 0 aliphatic rings. The highest BCUT2D eigenvalue weighted by Crippen LogP contribution is 2.25. The smallest absolute Gasteiger partial charge is 0.123 e. The van der Waals surface area contributed by atoms with E-state index in [-0.39, 0.29) is 5.82 Å². The molecule has 0 aliphatic heterocycles. The highest BCUT2D eigenvalue weighted by atomic mass is 32.1. The molecule has 2 aromatic carbocycles. The largest absolute Gasteiger partial charge is 0.313 e. The molecular formula is C17H17FN2S. The standard InChI is InChI=1S/C17H17FN2S/c1-2-19-11-13-9-14(18)8-7-12(13)10-17-20-15-5-3-4-6-16(15)21-17/h3-9,19H,2,10-11H2,1H3. The van der Waals surface area contributed by atoms with Crippen molar-refractivity contribution in [1.82, 2.24) is 10.3 Å². The maximum absolute atomic E-state index is 13.4. The van der Waals surface area contributed by atoms with E-state index in [1.165, 1.54) is 10.8 Å². The molecule has 1 N–H and O–H groups in total. The molecule has 4 heteroatoms. The number of hydrogen-bond donors (Lipinski definition) is 1. The molecule has 21 heavy (non-hydrogen) atoms. The number of aromatic nitrogens is 1. The van der Waals surface area contributed by atoms with Crippen molar-refractivity contribution in [2.45, 2.75) is 19.9 Å². The van der Waals surface area contributed by atoms with E-state index >= 15 is 0 Å². The lowest BCUT2D eigenvalue weighted by Gasteiger charge is -2.09. The SMILES string of the molecule is CCNCc1cc(F)ccc1Cc1nc2ccccc2s1. The minimum absolute atomic E-state index is 0.184. The van der Waals surface area contributed by atoms with Crippen molar-refractivity contribution in [1.29, 1.82) is 0 Å². The molecular weight excluding hydrogens is 283 g/mol. The van der Waals surface area contributed by atoms with Gasteiger partial charge in [-0.2, -0.15) is 0 Å². The van der Waals surface area contributed by atoms with Gasteiger partial charge in [0.25, 0.3) is 0 Å². The Morgan fingerprint density at radius 2 is 2.00 bits per heavy atom.